The lowest BCUT2D eigenvalue weighted by atomic mass is 9.96. The first-order valence-electron chi connectivity index (χ1n) is 6.65. The number of aliphatic hydroxyl groups is 1. The van der Waals surface area contributed by atoms with Gasteiger partial charge in [-0.3, -0.25) is 4.90 Å². The zero-order valence-corrected chi connectivity index (χ0v) is 11.7. The highest BCUT2D eigenvalue weighted by Crippen LogP contribution is 2.31. The van der Waals surface area contributed by atoms with Crippen LogP contribution in [0, 0.1) is 0 Å². The molecule has 2 nitrogen and oxygen atoms in total. The highest BCUT2D eigenvalue weighted by molar-refractivity contribution is 7.09. The minimum Gasteiger partial charge on any atom is -0.389 e. The maximum Gasteiger partial charge on any atom is 0.0769 e. The van der Waals surface area contributed by atoms with Crippen molar-refractivity contribution in [2.45, 2.75) is 57.7 Å². The van der Waals surface area contributed by atoms with E-state index in [4.69, 9.17) is 0 Å². The van der Waals surface area contributed by atoms with Crippen LogP contribution in [0.3, 0.4) is 0 Å². The molecule has 1 aliphatic carbocycles. The minimum atomic E-state index is -0.500. The molecule has 0 radical (unpaired) electrons. The molecule has 2 rings (SSSR count). The summed E-state index contributed by atoms with van der Waals surface area (Å²) in [7, 11) is 0. The third-order valence-electron chi connectivity index (χ3n) is 3.82. The van der Waals surface area contributed by atoms with E-state index in [0.717, 1.165) is 25.9 Å². The van der Waals surface area contributed by atoms with Crippen LogP contribution in [0.1, 0.15) is 44.4 Å². The van der Waals surface area contributed by atoms with E-state index in [-0.39, 0.29) is 0 Å². The van der Waals surface area contributed by atoms with Gasteiger partial charge in [0.05, 0.1) is 5.60 Å². The van der Waals surface area contributed by atoms with Gasteiger partial charge in [0.1, 0.15) is 0 Å². The van der Waals surface area contributed by atoms with Crippen LogP contribution in [-0.4, -0.2) is 28.2 Å². The Balaban J connectivity index is 1.97. The molecule has 1 aromatic heterocycles. The zero-order chi connectivity index (χ0) is 12.3. The molecule has 0 aliphatic heterocycles. The Morgan fingerprint density at radius 2 is 2.12 bits per heavy atom. The van der Waals surface area contributed by atoms with Gasteiger partial charge in [0.2, 0.25) is 0 Å². The summed E-state index contributed by atoms with van der Waals surface area (Å²) in [6, 6.07) is 5.01. The van der Waals surface area contributed by atoms with Crippen molar-refractivity contribution in [2.75, 3.05) is 6.54 Å². The van der Waals surface area contributed by atoms with E-state index in [9.17, 15) is 5.11 Å². The summed E-state index contributed by atoms with van der Waals surface area (Å²) in [6.07, 6.45) is 4.29. The van der Waals surface area contributed by atoms with Crippen molar-refractivity contribution in [1.29, 1.82) is 0 Å². The lowest BCUT2D eigenvalue weighted by molar-refractivity contribution is -0.00776. The van der Waals surface area contributed by atoms with E-state index in [2.05, 4.69) is 36.3 Å². The topological polar surface area (TPSA) is 23.5 Å². The van der Waals surface area contributed by atoms with Crippen LogP contribution in [-0.2, 0) is 6.54 Å². The van der Waals surface area contributed by atoms with Gasteiger partial charge in [-0.2, -0.15) is 0 Å². The van der Waals surface area contributed by atoms with Crippen molar-refractivity contribution in [2.24, 2.45) is 0 Å². The van der Waals surface area contributed by atoms with Gasteiger partial charge in [-0.25, -0.2) is 0 Å². The summed E-state index contributed by atoms with van der Waals surface area (Å²) < 4.78 is 0. The van der Waals surface area contributed by atoms with Crippen LogP contribution in [0.25, 0.3) is 0 Å². The highest BCUT2D eigenvalue weighted by Gasteiger charge is 2.34. The van der Waals surface area contributed by atoms with E-state index in [1.807, 2.05) is 11.3 Å². The van der Waals surface area contributed by atoms with Crippen LogP contribution >= 0.6 is 11.3 Å². The molecule has 0 bridgehead atoms. The van der Waals surface area contributed by atoms with Crippen molar-refractivity contribution >= 4 is 11.3 Å². The van der Waals surface area contributed by atoms with Crippen LogP contribution < -0.4 is 0 Å². The molecular formula is C14H23NOS. The van der Waals surface area contributed by atoms with Gasteiger partial charge in [-0.15, -0.1) is 11.3 Å². The lowest BCUT2D eigenvalue weighted by Gasteiger charge is -2.33. The molecule has 1 fully saturated rings. The molecule has 17 heavy (non-hydrogen) atoms. The molecule has 3 heteroatoms. The van der Waals surface area contributed by atoms with Crippen molar-refractivity contribution in [3.8, 4) is 0 Å². The Morgan fingerprint density at radius 3 is 2.59 bits per heavy atom. The van der Waals surface area contributed by atoms with Crippen LogP contribution in [0.15, 0.2) is 17.5 Å². The molecule has 1 saturated carbocycles. The molecule has 0 amide bonds. The summed E-state index contributed by atoms with van der Waals surface area (Å²) >= 11 is 1.81. The summed E-state index contributed by atoms with van der Waals surface area (Å²) in [5, 5.41) is 12.6. The second kappa shape index (κ2) is 5.51. The summed E-state index contributed by atoms with van der Waals surface area (Å²) in [5.41, 5.74) is -0.500. The minimum absolute atomic E-state index is 0.500. The first-order chi connectivity index (χ1) is 8.17. The summed E-state index contributed by atoms with van der Waals surface area (Å²) in [4.78, 5) is 3.88. The Labute approximate surface area is 108 Å². The molecule has 1 aromatic rings. The predicted octanol–water partition coefficient (Wildman–Crippen LogP) is 3.26. The third kappa shape index (κ3) is 3.54. The van der Waals surface area contributed by atoms with Crippen molar-refractivity contribution in [3.63, 3.8) is 0 Å². The van der Waals surface area contributed by atoms with Crippen molar-refractivity contribution in [1.82, 2.24) is 4.90 Å². The Bertz CT molecular complexity index is 328. The Kier molecular flexibility index (Phi) is 4.23. The van der Waals surface area contributed by atoms with Gasteiger partial charge in [0.25, 0.3) is 0 Å². The maximum atomic E-state index is 10.5. The second-order valence-corrected chi connectivity index (χ2v) is 6.18. The van der Waals surface area contributed by atoms with Gasteiger partial charge in [0.15, 0.2) is 0 Å². The average molecular weight is 253 g/mol. The number of rotatable bonds is 7. The van der Waals surface area contributed by atoms with E-state index in [1.54, 1.807) is 0 Å². The van der Waals surface area contributed by atoms with E-state index in [1.165, 1.54) is 17.7 Å². The first-order valence-corrected chi connectivity index (χ1v) is 7.53. The van der Waals surface area contributed by atoms with Crippen LogP contribution in [0.5, 0.6) is 0 Å². The molecule has 1 heterocycles. The smallest absolute Gasteiger partial charge is 0.0769 e. The molecule has 1 N–H and O–H groups in total. The van der Waals surface area contributed by atoms with Gasteiger partial charge >= 0.3 is 0 Å². The maximum absolute atomic E-state index is 10.5. The standard InChI is InChI=1S/C14H23NOS/c1-3-14(16,4-2)11-15(12-7-8-12)10-13-6-5-9-17-13/h5-6,9,12,16H,3-4,7-8,10-11H2,1-2H3. The number of hydrogen-bond acceptors (Lipinski definition) is 3. The van der Waals surface area contributed by atoms with Crippen LogP contribution in [0.4, 0.5) is 0 Å². The molecule has 0 spiro atoms. The van der Waals surface area contributed by atoms with E-state index < -0.39 is 5.60 Å². The van der Waals surface area contributed by atoms with Gasteiger partial charge in [-0.1, -0.05) is 19.9 Å². The monoisotopic (exact) mass is 253 g/mol. The fraction of sp³-hybridized carbons (Fsp3) is 0.714. The molecule has 0 aromatic carbocycles. The Hall–Kier alpha value is -0.380. The van der Waals surface area contributed by atoms with E-state index >= 15 is 0 Å². The lowest BCUT2D eigenvalue weighted by Crippen LogP contribution is -2.42. The third-order valence-corrected chi connectivity index (χ3v) is 4.68. The van der Waals surface area contributed by atoms with Gasteiger partial charge in [0, 0.05) is 24.0 Å². The largest absolute Gasteiger partial charge is 0.389 e. The Morgan fingerprint density at radius 1 is 1.41 bits per heavy atom. The normalized spacial score (nSPS) is 16.7. The number of hydrogen-bond donors (Lipinski definition) is 1. The molecular weight excluding hydrogens is 230 g/mol. The average Bonchev–Trinajstić information content (AvgIpc) is 3.07. The van der Waals surface area contributed by atoms with Crippen molar-refractivity contribution in [3.05, 3.63) is 22.4 Å². The summed E-state index contributed by atoms with van der Waals surface area (Å²) in [6.45, 7) is 5.99. The first kappa shape index (κ1) is 13.1. The van der Waals surface area contributed by atoms with E-state index in [0.29, 0.717) is 6.04 Å². The van der Waals surface area contributed by atoms with Gasteiger partial charge in [-0.05, 0) is 37.1 Å². The molecule has 0 atom stereocenters. The van der Waals surface area contributed by atoms with Gasteiger partial charge < -0.3 is 5.11 Å². The molecule has 0 saturated heterocycles. The van der Waals surface area contributed by atoms with Crippen molar-refractivity contribution < 1.29 is 5.11 Å². The fourth-order valence-electron chi connectivity index (χ4n) is 2.21. The number of nitrogens with zero attached hydrogens (tertiary/aromatic N) is 1. The van der Waals surface area contributed by atoms with Crippen LogP contribution in [0.2, 0.25) is 0 Å². The SMILES string of the molecule is CCC(O)(CC)CN(Cc1cccs1)C1CC1. The summed E-state index contributed by atoms with van der Waals surface area (Å²) in [5.74, 6) is 0. The molecule has 1 aliphatic rings. The second-order valence-electron chi connectivity index (χ2n) is 5.15. The quantitative estimate of drug-likeness (QED) is 0.806. The zero-order valence-electron chi connectivity index (χ0n) is 10.9. The highest BCUT2D eigenvalue weighted by atomic mass is 32.1. The number of thiophene rings is 1. The molecule has 0 unspecified atom stereocenters. The molecule has 96 valence electrons. The fourth-order valence-corrected chi connectivity index (χ4v) is 2.94. The predicted molar refractivity (Wildman–Crippen MR) is 73.3 cm³/mol.